The standard InChI is InChI=1S/C15H17NO2/c1-18-13-7-3-2-6-12(13)10-15(11-16)9-5-4-8-14(15)17/h2-3,6-7H,4-5,8-10H2,1H3. The normalized spacial score (nSPS) is 23.4. The van der Waals surface area contributed by atoms with Crippen molar-refractivity contribution in [1.29, 1.82) is 5.26 Å². The molecule has 0 saturated heterocycles. The molecule has 1 aromatic rings. The molecule has 1 aliphatic rings. The fourth-order valence-electron chi connectivity index (χ4n) is 2.61. The summed E-state index contributed by atoms with van der Waals surface area (Å²) in [5, 5.41) is 9.43. The van der Waals surface area contributed by atoms with Crippen molar-refractivity contribution in [3.63, 3.8) is 0 Å². The maximum atomic E-state index is 12.1. The maximum absolute atomic E-state index is 12.1. The highest BCUT2D eigenvalue weighted by Crippen LogP contribution is 2.37. The average molecular weight is 243 g/mol. The zero-order chi connectivity index (χ0) is 13.0. The van der Waals surface area contributed by atoms with Crippen molar-refractivity contribution in [3.8, 4) is 11.8 Å². The third-order valence-electron chi connectivity index (χ3n) is 3.69. The first kappa shape index (κ1) is 12.6. The quantitative estimate of drug-likeness (QED) is 0.820. The van der Waals surface area contributed by atoms with E-state index in [0.717, 1.165) is 24.2 Å². The molecule has 0 bridgehead atoms. The molecule has 1 saturated carbocycles. The molecule has 94 valence electrons. The number of Topliss-reactive ketones (excluding diaryl/α,β-unsaturated/α-hetero) is 1. The van der Waals surface area contributed by atoms with Crippen molar-refractivity contribution in [2.24, 2.45) is 5.41 Å². The summed E-state index contributed by atoms with van der Waals surface area (Å²) in [6.45, 7) is 0. The van der Waals surface area contributed by atoms with Gasteiger partial charge in [-0.3, -0.25) is 4.79 Å². The molecule has 0 N–H and O–H groups in total. The summed E-state index contributed by atoms with van der Waals surface area (Å²) in [7, 11) is 1.61. The van der Waals surface area contributed by atoms with Crippen LogP contribution in [0.1, 0.15) is 31.2 Å². The Morgan fingerprint density at radius 2 is 2.17 bits per heavy atom. The smallest absolute Gasteiger partial charge is 0.153 e. The van der Waals surface area contributed by atoms with Crippen molar-refractivity contribution in [3.05, 3.63) is 29.8 Å². The number of para-hydroxylation sites is 1. The van der Waals surface area contributed by atoms with Gasteiger partial charge >= 0.3 is 0 Å². The molecule has 0 amide bonds. The van der Waals surface area contributed by atoms with Crippen LogP contribution < -0.4 is 4.74 Å². The van der Waals surface area contributed by atoms with E-state index in [0.29, 0.717) is 19.3 Å². The van der Waals surface area contributed by atoms with Crippen molar-refractivity contribution in [1.82, 2.24) is 0 Å². The first-order chi connectivity index (χ1) is 8.72. The predicted molar refractivity (Wildman–Crippen MR) is 68.2 cm³/mol. The number of carbonyl (C=O) groups is 1. The number of hydrogen-bond acceptors (Lipinski definition) is 3. The van der Waals surface area contributed by atoms with Gasteiger partial charge in [0, 0.05) is 12.8 Å². The lowest BCUT2D eigenvalue weighted by Crippen LogP contribution is -2.35. The summed E-state index contributed by atoms with van der Waals surface area (Å²) >= 11 is 0. The fourth-order valence-corrected chi connectivity index (χ4v) is 2.61. The summed E-state index contributed by atoms with van der Waals surface area (Å²) in [6.07, 6.45) is 3.53. The molecule has 0 heterocycles. The van der Waals surface area contributed by atoms with E-state index < -0.39 is 5.41 Å². The Labute approximate surface area is 107 Å². The van der Waals surface area contributed by atoms with E-state index in [1.165, 1.54) is 0 Å². The Kier molecular flexibility index (Phi) is 3.66. The van der Waals surface area contributed by atoms with E-state index >= 15 is 0 Å². The minimum Gasteiger partial charge on any atom is -0.496 e. The molecule has 18 heavy (non-hydrogen) atoms. The molecule has 0 aromatic heterocycles. The lowest BCUT2D eigenvalue weighted by Gasteiger charge is -2.29. The van der Waals surface area contributed by atoms with Gasteiger partial charge in [-0.15, -0.1) is 0 Å². The summed E-state index contributed by atoms with van der Waals surface area (Å²) in [5.74, 6) is 0.840. The summed E-state index contributed by atoms with van der Waals surface area (Å²) in [4.78, 5) is 12.1. The van der Waals surface area contributed by atoms with Crippen molar-refractivity contribution in [2.75, 3.05) is 7.11 Å². The number of benzene rings is 1. The average Bonchev–Trinajstić information content (AvgIpc) is 2.42. The van der Waals surface area contributed by atoms with Crippen LogP contribution in [0, 0.1) is 16.7 Å². The highest BCUT2D eigenvalue weighted by molar-refractivity contribution is 5.88. The zero-order valence-corrected chi connectivity index (χ0v) is 10.6. The van der Waals surface area contributed by atoms with Gasteiger partial charge < -0.3 is 4.74 Å². The van der Waals surface area contributed by atoms with E-state index in [-0.39, 0.29) is 5.78 Å². The van der Waals surface area contributed by atoms with Gasteiger partial charge in [-0.1, -0.05) is 24.6 Å². The van der Waals surface area contributed by atoms with Gasteiger partial charge in [0.05, 0.1) is 13.2 Å². The Balaban J connectivity index is 2.30. The van der Waals surface area contributed by atoms with Crippen molar-refractivity contribution < 1.29 is 9.53 Å². The molecule has 0 radical (unpaired) electrons. The first-order valence-electron chi connectivity index (χ1n) is 6.28. The number of methoxy groups -OCH3 is 1. The second-order valence-corrected chi connectivity index (χ2v) is 4.81. The molecule has 2 rings (SSSR count). The molecule has 3 heteroatoms. The third-order valence-corrected chi connectivity index (χ3v) is 3.69. The Morgan fingerprint density at radius 3 is 2.83 bits per heavy atom. The van der Waals surface area contributed by atoms with E-state index in [9.17, 15) is 10.1 Å². The maximum Gasteiger partial charge on any atom is 0.153 e. The number of carbonyl (C=O) groups excluding carboxylic acids is 1. The van der Waals surface area contributed by atoms with Gasteiger partial charge in [0.1, 0.15) is 11.2 Å². The fraction of sp³-hybridized carbons (Fsp3) is 0.467. The van der Waals surface area contributed by atoms with Gasteiger partial charge in [0.15, 0.2) is 5.78 Å². The van der Waals surface area contributed by atoms with Crippen LogP contribution in [0.3, 0.4) is 0 Å². The monoisotopic (exact) mass is 243 g/mol. The molecule has 1 aliphatic carbocycles. The molecule has 3 nitrogen and oxygen atoms in total. The van der Waals surface area contributed by atoms with E-state index in [1.54, 1.807) is 7.11 Å². The number of hydrogen-bond donors (Lipinski definition) is 0. The number of rotatable bonds is 3. The van der Waals surface area contributed by atoms with Crippen LogP contribution in [0.2, 0.25) is 0 Å². The van der Waals surface area contributed by atoms with Crippen LogP contribution in [0.4, 0.5) is 0 Å². The van der Waals surface area contributed by atoms with Gasteiger partial charge in [-0.05, 0) is 24.5 Å². The van der Waals surface area contributed by atoms with E-state index in [2.05, 4.69) is 6.07 Å². The van der Waals surface area contributed by atoms with Gasteiger partial charge in [-0.2, -0.15) is 5.26 Å². The third kappa shape index (κ3) is 2.24. The van der Waals surface area contributed by atoms with E-state index in [1.807, 2.05) is 24.3 Å². The molecular weight excluding hydrogens is 226 g/mol. The molecule has 1 unspecified atom stereocenters. The minimum atomic E-state index is -0.840. The van der Waals surface area contributed by atoms with Crippen molar-refractivity contribution in [2.45, 2.75) is 32.1 Å². The molecule has 1 fully saturated rings. The zero-order valence-electron chi connectivity index (χ0n) is 10.6. The molecular formula is C15H17NO2. The minimum absolute atomic E-state index is 0.0853. The van der Waals surface area contributed by atoms with Crippen LogP contribution in [0.25, 0.3) is 0 Å². The summed E-state index contributed by atoms with van der Waals surface area (Å²) < 4.78 is 5.29. The highest BCUT2D eigenvalue weighted by Gasteiger charge is 2.40. The summed E-state index contributed by atoms with van der Waals surface area (Å²) in [6, 6.07) is 9.87. The topological polar surface area (TPSA) is 50.1 Å². The largest absolute Gasteiger partial charge is 0.496 e. The second kappa shape index (κ2) is 5.22. The first-order valence-corrected chi connectivity index (χ1v) is 6.28. The number of ketones is 1. The number of nitrogens with zero attached hydrogens (tertiary/aromatic N) is 1. The Morgan fingerprint density at radius 1 is 1.39 bits per heavy atom. The van der Waals surface area contributed by atoms with Gasteiger partial charge in [0.25, 0.3) is 0 Å². The van der Waals surface area contributed by atoms with Gasteiger partial charge in [0.2, 0.25) is 0 Å². The summed E-state index contributed by atoms with van der Waals surface area (Å²) in [5.41, 5.74) is 0.101. The Bertz CT molecular complexity index is 490. The van der Waals surface area contributed by atoms with E-state index in [4.69, 9.17) is 4.74 Å². The lowest BCUT2D eigenvalue weighted by atomic mass is 9.70. The molecule has 1 aromatic carbocycles. The molecule has 0 aliphatic heterocycles. The van der Waals surface area contributed by atoms with Crippen LogP contribution >= 0.6 is 0 Å². The molecule has 0 spiro atoms. The highest BCUT2D eigenvalue weighted by atomic mass is 16.5. The second-order valence-electron chi connectivity index (χ2n) is 4.81. The predicted octanol–water partition coefficient (Wildman–Crippen LogP) is 2.89. The number of ether oxygens (including phenoxy) is 1. The van der Waals surface area contributed by atoms with Crippen LogP contribution in [-0.2, 0) is 11.2 Å². The van der Waals surface area contributed by atoms with Crippen LogP contribution in [-0.4, -0.2) is 12.9 Å². The van der Waals surface area contributed by atoms with Crippen LogP contribution in [0.5, 0.6) is 5.75 Å². The lowest BCUT2D eigenvalue weighted by molar-refractivity contribution is -0.128. The Hall–Kier alpha value is -1.82. The SMILES string of the molecule is COc1ccccc1CC1(C#N)CCCCC1=O. The van der Waals surface area contributed by atoms with Crippen molar-refractivity contribution >= 4 is 5.78 Å². The molecule has 1 atom stereocenters. The number of nitriles is 1. The van der Waals surface area contributed by atoms with Crippen LogP contribution in [0.15, 0.2) is 24.3 Å². The van der Waals surface area contributed by atoms with Gasteiger partial charge in [-0.25, -0.2) is 0 Å².